The van der Waals surface area contributed by atoms with Gasteiger partial charge in [-0.1, -0.05) is 19.9 Å². The largest absolute Gasteiger partial charge is 0.373 e. The number of rotatable bonds is 2. The summed E-state index contributed by atoms with van der Waals surface area (Å²) in [6.07, 6.45) is 1.06. The van der Waals surface area contributed by atoms with Gasteiger partial charge in [-0.15, -0.1) is 0 Å². The third-order valence-electron chi connectivity index (χ3n) is 3.19. The van der Waals surface area contributed by atoms with Gasteiger partial charge in [0.15, 0.2) is 0 Å². The van der Waals surface area contributed by atoms with E-state index in [9.17, 15) is 4.79 Å². The van der Waals surface area contributed by atoms with Gasteiger partial charge >= 0.3 is 0 Å². The second kappa shape index (κ2) is 4.35. The van der Waals surface area contributed by atoms with Gasteiger partial charge in [-0.25, -0.2) is 4.98 Å². The lowest BCUT2D eigenvalue weighted by Crippen LogP contribution is -2.30. The van der Waals surface area contributed by atoms with Crippen molar-refractivity contribution in [3.8, 4) is 0 Å². The minimum Gasteiger partial charge on any atom is -0.373 e. The van der Waals surface area contributed by atoms with E-state index in [4.69, 9.17) is 0 Å². The molecule has 1 saturated heterocycles. The smallest absolute Gasteiger partial charge is 0.272 e. The molecule has 1 aliphatic heterocycles. The number of carbonyl (C=O) groups is 1. The van der Waals surface area contributed by atoms with E-state index in [1.807, 2.05) is 17.0 Å². The molecular weight excluding hydrogens is 214 g/mol. The van der Waals surface area contributed by atoms with E-state index in [-0.39, 0.29) is 11.3 Å². The van der Waals surface area contributed by atoms with Crippen molar-refractivity contribution in [1.82, 2.24) is 9.88 Å². The van der Waals surface area contributed by atoms with Crippen molar-refractivity contribution in [2.24, 2.45) is 5.41 Å². The number of aromatic nitrogens is 1. The average molecular weight is 233 g/mol. The molecule has 0 atom stereocenters. The lowest BCUT2D eigenvalue weighted by molar-refractivity contribution is 0.0772. The van der Waals surface area contributed by atoms with Gasteiger partial charge < -0.3 is 10.2 Å². The van der Waals surface area contributed by atoms with Crippen LogP contribution in [0.25, 0.3) is 0 Å². The summed E-state index contributed by atoms with van der Waals surface area (Å²) in [5, 5.41) is 2.95. The van der Waals surface area contributed by atoms with Gasteiger partial charge in [-0.05, 0) is 24.0 Å². The highest BCUT2D eigenvalue weighted by Crippen LogP contribution is 2.29. The summed E-state index contributed by atoms with van der Waals surface area (Å²) in [7, 11) is 1.80. The van der Waals surface area contributed by atoms with E-state index in [1.54, 1.807) is 13.1 Å². The van der Waals surface area contributed by atoms with Crippen LogP contribution in [0.3, 0.4) is 0 Å². The fourth-order valence-electron chi connectivity index (χ4n) is 2.14. The van der Waals surface area contributed by atoms with Crippen LogP contribution in [-0.4, -0.2) is 35.9 Å². The van der Waals surface area contributed by atoms with Crippen molar-refractivity contribution < 1.29 is 4.79 Å². The van der Waals surface area contributed by atoms with Gasteiger partial charge in [0.1, 0.15) is 11.5 Å². The van der Waals surface area contributed by atoms with Crippen molar-refractivity contribution in [2.45, 2.75) is 20.3 Å². The summed E-state index contributed by atoms with van der Waals surface area (Å²) in [5.41, 5.74) is 0.755. The Morgan fingerprint density at radius 3 is 2.82 bits per heavy atom. The average Bonchev–Trinajstić information content (AvgIpc) is 2.69. The maximum Gasteiger partial charge on any atom is 0.272 e. The third kappa shape index (κ3) is 2.57. The Kier molecular flexibility index (Phi) is 3.05. The van der Waals surface area contributed by atoms with Crippen LogP contribution >= 0.6 is 0 Å². The zero-order valence-corrected chi connectivity index (χ0v) is 10.7. The summed E-state index contributed by atoms with van der Waals surface area (Å²) in [6, 6.07) is 5.48. The highest BCUT2D eigenvalue weighted by atomic mass is 16.2. The van der Waals surface area contributed by atoms with Crippen LogP contribution in [0.15, 0.2) is 18.2 Å². The number of hydrogen-bond acceptors (Lipinski definition) is 3. The van der Waals surface area contributed by atoms with Crippen LogP contribution in [0.2, 0.25) is 0 Å². The second-order valence-electron chi connectivity index (χ2n) is 5.30. The number of anilines is 1. The fraction of sp³-hybridized carbons (Fsp3) is 0.538. The molecular formula is C13H19N3O. The van der Waals surface area contributed by atoms with E-state index in [0.717, 1.165) is 25.3 Å². The summed E-state index contributed by atoms with van der Waals surface area (Å²) < 4.78 is 0. The lowest BCUT2D eigenvalue weighted by Gasteiger charge is -2.19. The highest BCUT2D eigenvalue weighted by molar-refractivity contribution is 5.92. The Hall–Kier alpha value is -1.58. The molecule has 0 saturated carbocycles. The predicted octanol–water partition coefficient (Wildman–Crippen LogP) is 2.00. The molecule has 1 N–H and O–H groups in total. The number of hydrogen-bond donors (Lipinski definition) is 1. The molecule has 1 aliphatic rings. The predicted molar refractivity (Wildman–Crippen MR) is 68.1 cm³/mol. The van der Waals surface area contributed by atoms with Crippen LogP contribution in [0.1, 0.15) is 30.8 Å². The van der Waals surface area contributed by atoms with Crippen LogP contribution in [0, 0.1) is 5.41 Å². The topological polar surface area (TPSA) is 45.2 Å². The summed E-state index contributed by atoms with van der Waals surface area (Å²) in [5.74, 6) is 0.766. The number of nitrogens with zero attached hydrogens (tertiary/aromatic N) is 2. The summed E-state index contributed by atoms with van der Waals surface area (Å²) in [6.45, 7) is 6.03. The van der Waals surface area contributed by atoms with E-state index in [1.165, 1.54) is 0 Å². The number of amides is 1. The molecule has 0 aliphatic carbocycles. The number of likely N-dealkylation sites (tertiary alicyclic amines) is 1. The Balaban J connectivity index is 2.15. The van der Waals surface area contributed by atoms with Gasteiger partial charge in [0.2, 0.25) is 0 Å². The van der Waals surface area contributed by atoms with Crippen molar-refractivity contribution >= 4 is 11.7 Å². The van der Waals surface area contributed by atoms with Crippen molar-refractivity contribution in [2.75, 3.05) is 25.5 Å². The molecule has 2 rings (SSSR count). The molecule has 0 aromatic carbocycles. The molecule has 0 bridgehead atoms. The molecule has 1 fully saturated rings. The molecule has 1 aromatic heterocycles. The van der Waals surface area contributed by atoms with E-state index in [2.05, 4.69) is 24.1 Å². The second-order valence-corrected chi connectivity index (χ2v) is 5.30. The Morgan fingerprint density at radius 1 is 1.47 bits per heavy atom. The van der Waals surface area contributed by atoms with Gasteiger partial charge in [-0.3, -0.25) is 4.79 Å². The molecule has 4 nitrogen and oxygen atoms in total. The maximum atomic E-state index is 12.2. The minimum absolute atomic E-state index is 0.0349. The Morgan fingerprint density at radius 2 is 2.24 bits per heavy atom. The molecule has 0 unspecified atom stereocenters. The highest BCUT2D eigenvalue weighted by Gasteiger charge is 2.32. The van der Waals surface area contributed by atoms with Crippen LogP contribution in [-0.2, 0) is 0 Å². The molecule has 92 valence electrons. The third-order valence-corrected chi connectivity index (χ3v) is 3.19. The zero-order valence-electron chi connectivity index (χ0n) is 10.7. The fourth-order valence-corrected chi connectivity index (χ4v) is 2.14. The molecule has 1 aromatic rings. The summed E-state index contributed by atoms with van der Waals surface area (Å²) >= 11 is 0. The Labute approximate surface area is 102 Å². The zero-order chi connectivity index (χ0) is 12.5. The first kappa shape index (κ1) is 11.9. The molecule has 0 radical (unpaired) electrons. The monoisotopic (exact) mass is 233 g/mol. The van der Waals surface area contributed by atoms with Crippen LogP contribution in [0.4, 0.5) is 5.82 Å². The molecule has 17 heavy (non-hydrogen) atoms. The van der Waals surface area contributed by atoms with E-state index >= 15 is 0 Å². The normalized spacial score (nSPS) is 18.2. The van der Waals surface area contributed by atoms with Gasteiger partial charge in [-0.2, -0.15) is 0 Å². The van der Waals surface area contributed by atoms with E-state index in [0.29, 0.717) is 5.69 Å². The van der Waals surface area contributed by atoms with Crippen LogP contribution < -0.4 is 5.32 Å². The molecule has 2 heterocycles. The lowest BCUT2D eigenvalue weighted by atomic mass is 9.93. The molecule has 0 spiro atoms. The first-order valence-corrected chi connectivity index (χ1v) is 5.96. The quantitative estimate of drug-likeness (QED) is 0.849. The van der Waals surface area contributed by atoms with Gasteiger partial charge in [0.25, 0.3) is 5.91 Å². The number of pyridine rings is 1. The number of nitrogens with one attached hydrogen (secondary N) is 1. The minimum atomic E-state index is 0.0349. The first-order chi connectivity index (χ1) is 8.02. The molecule has 4 heteroatoms. The standard InChI is InChI=1S/C13H19N3O/c1-13(2)7-8-16(9-13)12(17)10-5-4-6-11(14-3)15-10/h4-6H,7-9H2,1-3H3,(H,14,15). The number of carbonyl (C=O) groups excluding carboxylic acids is 1. The molecule has 1 amide bonds. The van der Waals surface area contributed by atoms with Gasteiger partial charge in [0.05, 0.1) is 0 Å². The SMILES string of the molecule is CNc1cccc(C(=O)N2CCC(C)(C)C2)n1. The first-order valence-electron chi connectivity index (χ1n) is 5.96. The van der Waals surface area contributed by atoms with Gasteiger partial charge in [0, 0.05) is 20.1 Å². The van der Waals surface area contributed by atoms with Crippen molar-refractivity contribution in [1.29, 1.82) is 0 Å². The maximum absolute atomic E-state index is 12.2. The summed E-state index contributed by atoms with van der Waals surface area (Å²) in [4.78, 5) is 18.4. The van der Waals surface area contributed by atoms with Crippen molar-refractivity contribution in [3.63, 3.8) is 0 Å². The Bertz CT molecular complexity index is 428. The van der Waals surface area contributed by atoms with E-state index < -0.39 is 0 Å². The van der Waals surface area contributed by atoms with Crippen molar-refractivity contribution in [3.05, 3.63) is 23.9 Å². The van der Waals surface area contributed by atoms with Crippen LogP contribution in [0.5, 0.6) is 0 Å².